The highest BCUT2D eigenvalue weighted by atomic mass is 16.3. The van der Waals surface area contributed by atoms with Gasteiger partial charge in [0.1, 0.15) is 0 Å². The van der Waals surface area contributed by atoms with Crippen molar-refractivity contribution in [1.29, 1.82) is 0 Å². The largest absolute Gasteiger partial charge is 0.472 e. The summed E-state index contributed by atoms with van der Waals surface area (Å²) in [7, 11) is 1.90. The molecule has 4 nitrogen and oxygen atoms in total. The maximum Gasteiger partial charge on any atom is 0.0950 e. The van der Waals surface area contributed by atoms with Crippen LogP contribution in [0.2, 0.25) is 0 Å². The molecule has 74 valence electrons. The molecule has 0 radical (unpaired) electrons. The predicted molar refractivity (Wildman–Crippen MR) is 52.5 cm³/mol. The van der Waals surface area contributed by atoms with Gasteiger partial charge in [-0.05, 0) is 18.1 Å². The van der Waals surface area contributed by atoms with Gasteiger partial charge in [-0.3, -0.25) is 4.68 Å². The second-order valence-electron chi connectivity index (χ2n) is 3.39. The van der Waals surface area contributed by atoms with Gasteiger partial charge in [-0.2, -0.15) is 5.10 Å². The fourth-order valence-electron chi connectivity index (χ4n) is 1.44. The molecule has 1 unspecified atom stereocenters. The Morgan fingerprint density at radius 2 is 2.50 bits per heavy atom. The number of nitrogens with zero attached hydrogens (tertiary/aromatic N) is 2. The molecular formula is C10H13N3O. The van der Waals surface area contributed by atoms with Crippen molar-refractivity contribution in [3.8, 4) is 0 Å². The van der Waals surface area contributed by atoms with Crippen LogP contribution in [0.4, 0.5) is 0 Å². The molecule has 14 heavy (non-hydrogen) atoms. The highest BCUT2D eigenvalue weighted by molar-refractivity contribution is 5.16. The van der Waals surface area contributed by atoms with E-state index in [0.717, 1.165) is 17.5 Å². The molecule has 0 bridgehead atoms. The van der Waals surface area contributed by atoms with E-state index in [2.05, 4.69) is 5.10 Å². The summed E-state index contributed by atoms with van der Waals surface area (Å²) in [6.07, 6.45) is 7.91. The number of hydrogen-bond donors (Lipinski definition) is 1. The van der Waals surface area contributed by atoms with Gasteiger partial charge < -0.3 is 10.2 Å². The third kappa shape index (κ3) is 1.85. The summed E-state index contributed by atoms with van der Waals surface area (Å²) in [6.45, 7) is 0. The van der Waals surface area contributed by atoms with E-state index in [0.29, 0.717) is 0 Å². The molecule has 0 spiro atoms. The molecule has 2 aromatic heterocycles. The molecule has 0 amide bonds. The van der Waals surface area contributed by atoms with Gasteiger partial charge in [0, 0.05) is 24.8 Å². The predicted octanol–water partition coefficient (Wildman–Crippen LogP) is 1.26. The first-order valence-corrected chi connectivity index (χ1v) is 4.51. The van der Waals surface area contributed by atoms with Crippen LogP contribution in [0.5, 0.6) is 0 Å². The lowest BCUT2D eigenvalue weighted by molar-refractivity contribution is 0.558. The number of aryl methyl sites for hydroxylation is 1. The molecule has 0 aliphatic heterocycles. The highest BCUT2D eigenvalue weighted by Crippen LogP contribution is 2.15. The van der Waals surface area contributed by atoms with Crippen molar-refractivity contribution in [2.75, 3.05) is 0 Å². The summed E-state index contributed by atoms with van der Waals surface area (Å²) < 4.78 is 6.75. The molecular weight excluding hydrogens is 178 g/mol. The molecule has 2 heterocycles. The van der Waals surface area contributed by atoms with E-state index in [1.807, 2.05) is 25.5 Å². The van der Waals surface area contributed by atoms with E-state index in [4.69, 9.17) is 10.2 Å². The van der Waals surface area contributed by atoms with Crippen LogP contribution in [0.3, 0.4) is 0 Å². The van der Waals surface area contributed by atoms with Crippen molar-refractivity contribution < 1.29 is 4.42 Å². The molecule has 4 heteroatoms. The van der Waals surface area contributed by atoms with Gasteiger partial charge >= 0.3 is 0 Å². The van der Waals surface area contributed by atoms with Crippen LogP contribution in [0.15, 0.2) is 35.4 Å². The van der Waals surface area contributed by atoms with E-state index >= 15 is 0 Å². The zero-order chi connectivity index (χ0) is 9.97. The SMILES string of the molecule is Cn1cc(CC(N)c2ccoc2)cn1. The summed E-state index contributed by atoms with van der Waals surface area (Å²) in [4.78, 5) is 0. The number of furan rings is 1. The minimum absolute atomic E-state index is 0.0158. The van der Waals surface area contributed by atoms with Crippen molar-refractivity contribution in [2.24, 2.45) is 12.8 Å². The molecule has 1 atom stereocenters. The quantitative estimate of drug-likeness (QED) is 0.794. The average Bonchev–Trinajstić information content (AvgIpc) is 2.75. The van der Waals surface area contributed by atoms with Gasteiger partial charge in [-0.1, -0.05) is 0 Å². The molecule has 2 aromatic rings. The lowest BCUT2D eigenvalue weighted by Crippen LogP contribution is -2.11. The topological polar surface area (TPSA) is 57.0 Å². The normalized spacial score (nSPS) is 13.0. The van der Waals surface area contributed by atoms with E-state index in [1.54, 1.807) is 17.2 Å². The molecule has 2 N–H and O–H groups in total. The molecule has 2 rings (SSSR count). The fourth-order valence-corrected chi connectivity index (χ4v) is 1.44. The van der Waals surface area contributed by atoms with Gasteiger partial charge in [-0.15, -0.1) is 0 Å². The summed E-state index contributed by atoms with van der Waals surface area (Å²) in [5.74, 6) is 0. The van der Waals surface area contributed by atoms with Crippen molar-refractivity contribution in [3.05, 3.63) is 42.1 Å². The number of hydrogen-bond acceptors (Lipinski definition) is 3. The van der Waals surface area contributed by atoms with Gasteiger partial charge in [0.15, 0.2) is 0 Å². The first kappa shape index (κ1) is 9.02. The minimum atomic E-state index is -0.0158. The van der Waals surface area contributed by atoms with Crippen LogP contribution in [0.25, 0.3) is 0 Å². The summed E-state index contributed by atoms with van der Waals surface area (Å²) in [6, 6.07) is 1.87. The Hall–Kier alpha value is -1.55. The third-order valence-corrected chi connectivity index (χ3v) is 2.19. The third-order valence-electron chi connectivity index (χ3n) is 2.19. The second-order valence-corrected chi connectivity index (χ2v) is 3.39. The standard InChI is InChI=1S/C10H13N3O/c1-13-6-8(5-12-13)4-10(11)9-2-3-14-7-9/h2-3,5-7,10H,4,11H2,1H3. The lowest BCUT2D eigenvalue weighted by atomic mass is 10.1. The van der Waals surface area contributed by atoms with E-state index in [9.17, 15) is 0 Å². The molecule has 0 fully saturated rings. The van der Waals surface area contributed by atoms with Crippen molar-refractivity contribution in [2.45, 2.75) is 12.5 Å². The lowest BCUT2D eigenvalue weighted by Gasteiger charge is -2.06. The van der Waals surface area contributed by atoms with Gasteiger partial charge in [0.05, 0.1) is 18.7 Å². The van der Waals surface area contributed by atoms with Crippen molar-refractivity contribution in [3.63, 3.8) is 0 Å². The summed E-state index contributed by atoms with van der Waals surface area (Å²) in [5.41, 5.74) is 8.15. The Labute approximate surface area is 82.3 Å². The van der Waals surface area contributed by atoms with Crippen LogP contribution in [-0.2, 0) is 13.5 Å². The smallest absolute Gasteiger partial charge is 0.0950 e. The Morgan fingerprint density at radius 3 is 3.07 bits per heavy atom. The Bertz CT molecular complexity index is 391. The molecule has 0 aliphatic rings. The maximum absolute atomic E-state index is 5.98. The monoisotopic (exact) mass is 191 g/mol. The number of rotatable bonds is 3. The number of nitrogens with two attached hydrogens (primary N) is 1. The van der Waals surface area contributed by atoms with Crippen LogP contribution < -0.4 is 5.73 Å². The van der Waals surface area contributed by atoms with Crippen molar-refractivity contribution >= 4 is 0 Å². The molecule has 0 aliphatic carbocycles. The zero-order valence-corrected chi connectivity index (χ0v) is 8.05. The van der Waals surface area contributed by atoms with Gasteiger partial charge in [0.2, 0.25) is 0 Å². The zero-order valence-electron chi connectivity index (χ0n) is 8.05. The molecule has 0 aromatic carbocycles. The van der Waals surface area contributed by atoms with Gasteiger partial charge in [0.25, 0.3) is 0 Å². The Morgan fingerprint density at radius 1 is 1.64 bits per heavy atom. The van der Waals surface area contributed by atoms with Crippen LogP contribution >= 0.6 is 0 Å². The first-order valence-electron chi connectivity index (χ1n) is 4.51. The molecule has 0 saturated carbocycles. The molecule has 0 saturated heterocycles. The first-order chi connectivity index (χ1) is 6.75. The van der Waals surface area contributed by atoms with Crippen LogP contribution in [0.1, 0.15) is 17.2 Å². The Balaban J connectivity index is 2.05. The fraction of sp³-hybridized carbons (Fsp3) is 0.300. The maximum atomic E-state index is 5.98. The van der Waals surface area contributed by atoms with Crippen LogP contribution in [0, 0.1) is 0 Å². The van der Waals surface area contributed by atoms with E-state index < -0.39 is 0 Å². The summed E-state index contributed by atoms with van der Waals surface area (Å²) in [5, 5.41) is 4.09. The highest BCUT2D eigenvalue weighted by Gasteiger charge is 2.08. The van der Waals surface area contributed by atoms with Crippen LogP contribution in [-0.4, -0.2) is 9.78 Å². The second kappa shape index (κ2) is 3.67. The average molecular weight is 191 g/mol. The number of aromatic nitrogens is 2. The van der Waals surface area contributed by atoms with E-state index in [1.165, 1.54) is 0 Å². The Kier molecular flexibility index (Phi) is 2.37. The summed E-state index contributed by atoms with van der Waals surface area (Å²) >= 11 is 0. The van der Waals surface area contributed by atoms with E-state index in [-0.39, 0.29) is 6.04 Å². The van der Waals surface area contributed by atoms with Gasteiger partial charge in [-0.25, -0.2) is 0 Å². The minimum Gasteiger partial charge on any atom is -0.472 e. The van der Waals surface area contributed by atoms with Crippen molar-refractivity contribution in [1.82, 2.24) is 9.78 Å².